The minimum Gasteiger partial charge on any atom is -0.484 e. The number of hydrogen-bond acceptors (Lipinski definition) is 8. The van der Waals surface area contributed by atoms with Gasteiger partial charge in [0.1, 0.15) is 17.3 Å². The Balaban J connectivity index is 2.05. The molecule has 2 aromatic carbocycles. The number of hydrogen-bond donors (Lipinski definition) is 4. The molecule has 5 N–H and O–H groups in total. The first-order valence-electron chi connectivity index (χ1n) is 9.82. The predicted molar refractivity (Wildman–Crippen MR) is 120 cm³/mol. The summed E-state index contributed by atoms with van der Waals surface area (Å²) in [6, 6.07) is 10.8. The van der Waals surface area contributed by atoms with Crippen LogP contribution in [0.2, 0.25) is 0 Å². The molecule has 0 saturated carbocycles. The van der Waals surface area contributed by atoms with Gasteiger partial charge in [-0.25, -0.2) is 4.79 Å². The van der Waals surface area contributed by atoms with Crippen molar-refractivity contribution in [2.24, 2.45) is 5.73 Å². The number of carbonyl (C=O) groups excluding carboxylic acids is 3. The van der Waals surface area contributed by atoms with Crippen LogP contribution in [0.1, 0.15) is 15.9 Å². The molecule has 11 heteroatoms. The van der Waals surface area contributed by atoms with E-state index in [2.05, 4.69) is 15.4 Å². The third-order valence-corrected chi connectivity index (χ3v) is 4.21. The van der Waals surface area contributed by atoms with Gasteiger partial charge in [-0.1, -0.05) is 0 Å². The van der Waals surface area contributed by atoms with Crippen LogP contribution in [0.5, 0.6) is 11.5 Å². The summed E-state index contributed by atoms with van der Waals surface area (Å²) in [5.41, 5.74) is 6.39. The Kier molecular flexibility index (Phi) is 9.65. The maximum atomic E-state index is 12.6. The van der Waals surface area contributed by atoms with Crippen LogP contribution in [0.15, 0.2) is 42.5 Å². The minimum absolute atomic E-state index is 0.0691. The monoisotopic (exact) mass is 458 g/mol. The van der Waals surface area contributed by atoms with E-state index >= 15 is 0 Å². The third kappa shape index (κ3) is 8.15. The standard InChI is InChI=1S/C22H26N4O7/c1-30-10-9-25-22(29)17-11-15(5-8-18(17)33-13-20(28)31-2)26-19(27)12-32-16-6-3-14(4-7-16)21(23)24/h3-8,11H,9-10,12-13H2,1-2H3,(H3,23,24)(H,25,29)(H,26,27). The highest BCUT2D eigenvalue weighted by atomic mass is 16.6. The summed E-state index contributed by atoms with van der Waals surface area (Å²) in [6.07, 6.45) is 0. The first kappa shape index (κ1) is 25.1. The van der Waals surface area contributed by atoms with Crippen LogP contribution >= 0.6 is 0 Å². The van der Waals surface area contributed by atoms with Crippen LogP contribution in [0.3, 0.4) is 0 Å². The number of anilines is 1. The van der Waals surface area contributed by atoms with E-state index in [0.29, 0.717) is 23.6 Å². The zero-order valence-corrected chi connectivity index (χ0v) is 18.3. The highest BCUT2D eigenvalue weighted by Crippen LogP contribution is 2.23. The number of amidine groups is 1. The van der Waals surface area contributed by atoms with Crippen LogP contribution < -0.4 is 25.8 Å². The smallest absolute Gasteiger partial charge is 0.343 e. The van der Waals surface area contributed by atoms with Crippen molar-refractivity contribution in [2.75, 3.05) is 45.9 Å². The largest absolute Gasteiger partial charge is 0.484 e. The number of esters is 1. The fourth-order valence-electron chi connectivity index (χ4n) is 2.55. The zero-order chi connectivity index (χ0) is 24.2. The molecule has 0 heterocycles. The van der Waals surface area contributed by atoms with Crippen molar-refractivity contribution in [3.05, 3.63) is 53.6 Å². The Morgan fingerprint density at radius 2 is 1.73 bits per heavy atom. The van der Waals surface area contributed by atoms with Gasteiger partial charge in [0.2, 0.25) is 0 Å². The maximum Gasteiger partial charge on any atom is 0.343 e. The lowest BCUT2D eigenvalue weighted by atomic mass is 10.1. The second kappa shape index (κ2) is 12.7. The van der Waals surface area contributed by atoms with Gasteiger partial charge in [0.25, 0.3) is 11.8 Å². The molecule has 176 valence electrons. The number of nitrogens with two attached hydrogens (primary N) is 1. The lowest BCUT2D eigenvalue weighted by molar-refractivity contribution is -0.142. The topological polar surface area (TPSA) is 162 Å². The molecule has 0 unspecified atom stereocenters. The summed E-state index contributed by atoms with van der Waals surface area (Å²) >= 11 is 0. The molecule has 0 bridgehead atoms. The number of nitrogen functional groups attached to an aromatic ring is 1. The lowest BCUT2D eigenvalue weighted by Crippen LogP contribution is -2.28. The first-order valence-corrected chi connectivity index (χ1v) is 9.82. The summed E-state index contributed by atoms with van der Waals surface area (Å²) in [4.78, 5) is 36.2. The number of ether oxygens (including phenoxy) is 4. The van der Waals surface area contributed by atoms with E-state index in [-0.39, 0.29) is 36.9 Å². The first-order chi connectivity index (χ1) is 15.8. The molecule has 0 atom stereocenters. The van der Waals surface area contributed by atoms with Crippen LogP contribution in [0.4, 0.5) is 5.69 Å². The summed E-state index contributed by atoms with van der Waals surface area (Å²) in [6.45, 7) is -0.0872. The van der Waals surface area contributed by atoms with Gasteiger partial charge in [-0.2, -0.15) is 0 Å². The lowest BCUT2D eigenvalue weighted by Gasteiger charge is -2.14. The third-order valence-electron chi connectivity index (χ3n) is 4.21. The molecular weight excluding hydrogens is 432 g/mol. The van der Waals surface area contributed by atoms with Crippen molar-refractivity contribution in [3.63, 3.8) is 0 Å². The van der Waals surface area contributed by atoms with Gasteiger partial charge in [0, 0.05) is 24.9 Å². The summed E-state index contributed by atoms with van der Waals surface area (Å²) in [7, 11) is 2.73. The molecule has 11 nitrogen and oxygen atoms in total. The molecule has 0 spiro atoms. The Morgan fingerprint density at radius 1 is 1.00 bits per heavy atom. The average Bonchev–Trinajstić information content (AvgIpc) is 2.81. The molecule has 0 aliphatic heterocycles. The summed E-state index contributed by atoms with van der Waals surface area (Å²) in [5, 5.41) is 12.7. The number of carbonyl (C=O) groups is 3. The number of nitrogens with one attached hydrogen (secondary N) is 3. The molecule has 2 amide bonds. The Bertz CT molecular complexity index is 993. The van der Waals surface area contributed by atoms with E-state index in [1.165, 1.54) is 32.4 Å². The van der Waals surface area contributed by atoms with Crippen molar-refractivity contribution in [1.82, 2.24) is 5.32 Å². The highest BCUT2D eigenvalue weighted by molar-refractivity contribution is 6.00. The van der Waals surface area contributed by atoms with Crippen LogP contribution in [0.25, 0.3) is 0 Å². The molecule has 0 aliphatic carbocycles. The van der Waals surface area contributed by atoms with E-state index < -0.39 is 17.8 Å². The average molecular weight is 458 g/mol. The molecule has 0 fully saturated rings. The van der Waals surface area contributed by atoms with E-state index in [9.17, 15) is 14.4 Å². The Labute approximate surface area is 190 Å². The van der Waals surface area contributed by atoms with Crippen molar-refractivity contribution in [2.45, 2.75) is 0 Å². The van der Waals surface area contributed by atoms with Crippen molar-refractivity contribution in [3.8, 4) is 11.5 Å². The molecule has 2 rings (SSSR count). The van der Waals surface area contributed by atoms with Gasteiger partial charge in [0.15, 0.2) is 13.2 Å². The molecule has 2 aromatic rings. The van der Waals surface area contributed by atoms with Gasteiger partial charge in [-0.3, -0.25) is 15.0 Å². The summed E-state index contributed by atoms with van der Waals surface area (Å²) < 4.78 is 20.3. The van der Waals surface area contributed by atoms with Crippen molar-refractivity contribution >= 4 is 29.3 Å². The predicted octanol–water partition coefficient (Wildman–Crippen LogP) is 0.916. The van der Waals surface area contributed by atoms with E-state index in [1.54, 1.807) is 24.3 Å². The van der Waals surface area contributed by atoms with Crippen molar-refractivity contribution < 1.29 is 33.3 Å². The molecule has 33 heavy (non-hydrogen) atoms. The quantitative estimate of drug-likeness (QED) is 0.158. The van der Waals surface area contributed by atoms with E-state index in [1.807, 2.05) is 0 Å². The van der Waals surface area contributed by atoms with Crippen LogP contribution in [-0.4, -0.2) is 64.2 Å². The minimum atomic E-state index is -0.605. The van der Waals surface area contributed by atoms with Crippen molar-refractivity contribution in [1.29, 1.82) is 5.41 Å². The summed E-state index contributed by atoms with van der Waals surface area (Å²) in [5.74, 6) is -1.02. The number of rotatable bonds is 12. The normalized spacial score (nSPS) is 10.1. The second-order valence-corrected chi connectivity index (χ2v) is 6.60. The van der Waals surface area contributed by atoms with Gasteiger partial charge in [0.05, 0.1) is 19.3 Å². The Hall–Kier alpha value is -4.12. The van der Waals surface area contributed by atoms with Gasteiger partial charge >= 0.3 is 5.97 Å². The van der Waals surface area contributed by atoms with Crippen LogP contribution in [-0.2, 0) is 19.1 Å². The molecule has 0 radical (unpaired) electrons. The fraction of sp³-hybridized carbons (Fsp3) is 0.273. The van der Waals surface area contributed by atoms with E-state index in [0.717, 1.165) is 0 Å². The zero-order valence-electron chi connectivity index (χ0n) is 18.3. The molecule has 0 aromatic heterocycles. The fourth-order valence-corrected chi connectivity index (χ4v) is 2.55. The number of amides is 2. The molecule has 0 aliphatic rings. The molecule has 0 saturated heterocycles. The molecular formula is C22H26N4O7. The maximum absolute atomic E-state index is 12.6. The number of methoxy groups -OCH3 is 2. The van der Waals surface area contributed by atoms with Gasteiger partial charge in [-0.15, -0.1) is 0 Å². The second-order valence-electron chi connectivity index (χ2n) is 6.60. The van der Waals surface area contributed by atoms with E-state index in [4.69, 9.17) is 25.4 Å². The number of benzene rings is 2. The Morgan fingerprint density at radius 3 is 2.36 bits per heavy atom. The SMILES string of the molecule is COCCNC(=O)c1cc(NC(=O)COc2ccc(C(=N)N)cc2)ccc1OCC(=O)OC. The van der Waals surface area contributed by atoms with Gasteiger partial charge in [-0.05, 0) is 42.5 Å². The van der Waals surface area contributed by atoms with Gasteiger partial charge < -0.3 is 35.3 Å². The van der Waals surface area contributed by atoms with Crippen LogP contribution in [0, 0.1) is 5.41 Å². The highest BCUT2D eigenvalue weighted by Gasteiger charge is 2.16.